The number of hydrogen-bond acceptors (Lipinski definition) is 2. The Bertz CT molecular complexity index is 798. The van der Waals surface area contributed by atoms with Crippen molar-refractivity contribution in [1.29, 1.82) is 0 Å². The molecule has 0 radical (unpaired) electrons. The molecule has 0 spiro atoms. The van der Waals surface area contributed by atoms with Crippen LogP contribution in [0.5, 0.6) is 0 Å². The number of pyridine rings is 1. The van der Waals surface area contributed by atoms with Crippen LogP contribution in [-0.2, 0) is 17.6 Å². The molecule has 21 heavy (non-hydrogen) atoms. The Hall–Kier alpha value is -2.19. The minimum absolute atomic E-state index is 0.117. The summed E-state index contributed by atoms with van der Waals surface area (Å²) in [6, 6.07) is 19.2. The van der Waals surface area contributed by atoms with E-state index < -0.39 is 0 Å². The normalized spacial score (nSPS) is 10.7. The number of carbonyl (C=O) groups excluding carboxylic acids is 1. The zero-order valence-electron chi connectivity index (χ0n) is 11.4. The van der Waals surface area contributed by atoms with E-state index in [1.54, 1.807) is 6.07 Å². The van der Waals surface area contributed by atoms with Crippen LogP contribution in [0.25, 0.3) is 10.9 Å². The van der Waals surface area contributed by atoms with Gasteiger partial charge in [0.15, 0.2) is 0 Å². The average Bonchev–Trinajstić information content (AvgIpc) is 2.49. The molecule has 3 rings (SSSR count). The van der Waals surface area contributed by atoms with Crippen LogP contribution in [0.2, 0.25) is 5.02 Å². The van der Waals surface area contributed by atoms with E-state index >= 15 is 0 Å². The van der Waals surface area contributed by atoms with Crippen LogP contribution in [0, 0.1) is 0 Å². The summed E-state index contributed by atoms with van der Waals surface area (Å²) in [6.45, 7) is 0. The zero-order valence-corrected chi connectivity index (χ0v) is 12.2. The number of hydrogen-bond donors (Lipinski definition) is 0. The quantitative estimate of drug-likeness (QED) is 0.720. The lowest BCUT2D eigenvalue weighted by Gasteiger charge is -2.04. The maximum absolute atomic E-state index is 12.2. The molecule has 3 heteroatoms. The minimum atomic E-state index is 0.117. The third-order valence-electron chi connectivity index (χ3n) is 3.38. The van der Waals surface area contributed by atoms with Crippen molar-refractivity contribution in [1.82, 2.24) is 4.98 Å². The molecule has 0 bridgehead atoms. The van der Waals surface area contributed by atoms with Crippen molar-refractivity contribution in [2.45, 2.75) is 12.8 Å². The van der Waals surface area contributed by atoms with Gasteiger partial charge >= 0.3 is 0 Å². The summed E-state index contributed by atoms with van der Waals surface area (Å²) in [7, 11) is 0. The second-order valence-corrected chi connectivity index (χ2v) is 5.39. The predicted molar refractivity (Wildman–Crippen MR) is 85.6 cm³/mol. The lowest BCUT2D eigenvalue weighted by atomic mass is 10.0. The van der Waals surface area contributed by atoms with Gasteiger partial charge in [-0.2, -0.15) is 0 Å². The number of rotatable bonds is 4. The van der Waals surface area contributed by atoms with Crippen LogP contribution in [0.15, 0.2) is 60.7 Å². The smallest absolute Gasteiger partial charge is 0.143 e. The minimum Gasteiger partial charge on any atom is -0.299 e. The number of Topliss-reactive ketones (excluding diaryl/α,β-unsaturated/α-hetero) is 1. The Morgan fingerprint density at radius 3 is 2.52 bits per heavy atom. The molecule has 0 N–H and O–H groups in total. The molecule has 2 nitrogen and oxygen atoms in total. The molecule has 3 aromatic rings. The monoisotopic (exact) mass is 295 g/mol. The maximum atomic E-state index is 12.2. The lowest BCUT2D eigenvalue weighted by Crippen LogP contribution is -2.08. The lowest BCUT2D eigenvalue weighted by molar-refractivity contribution is -0.117. The van der Waals surface area contributed by atoms with Gasteiger partial charge in [0.25, 0.3) is 0 Å². The highest BCUT2D eigenvalue weighted by atomic mass is 35.5. The predicted octanol–water partition coefficient (Wildman–Crippen LogP) is 4.24. The van der Waals surface area contributed by atoms with Crippen molar-refractivity contribution in [2.24, 2.45) is 0 Å². The second kappa shape index (κ2) is 6.06. The van der Waals surface area contributed by atoms with E-state index in [-0.39, 0.29) is 5.78 Å². The largest absolute Gasteiger partial charge is 0.299 e. The van der Waals surface area contributed by atoms with E-state index in [1.807, 2.05) is 54.6 Å². The SMILES string of the molecule is O=C(Cc1ccc2ccccc2n1)Cc1ccccc1Cl. The molecular weight excluding hydrogens is 282 g/mol. The summed E-state index contributed by atoms with van der Waals surface area (Å²) in [5, 5.41) is 1.72. The molecule has 0 amide bonds. The molecule has 0 aliphatic heterocycles. The van der Waals surface area contributed by atoms with Crippen LogP contribution < -0.4 is 0 Å². The van der Waals surface area contributed by atoms with Gasteiger partial charge in [-0.3, -0.25) is 9.78 Å². The number of halogens is 1. The number of carbonyl (C=O) groups is 1. The number of fused-ring (bicyclic) bond motifs is 1. The van der Waals surface area contributed by atoms with E-state index in [1.165, 1.54) is 0 Å². The first-order valence-electron chi connectivity index (χ1n) is 6.82. The molecule has 0 atom stereocenters. The molecule has 1 heterocycles. The molecule has 0 aliphatic carbocycles. The Balaban J connectivity index is 1.75. The summed E-state index contributed by atoms with van der Waals surface area (Å²) < 4.78 is 0. The zero-order chi connectivity index (χ0) is 14.7. The molecule has 0 fully saturated rings. The summed E-state index contributed by atoms with van der Waals surface area (Å²) >= 11 is 6.08. The Kier molecular flexibility index (Phi) is 3.98. The fourth-order valence-electron chi connectivity index (χ4n) is 2.33. The summed E-state index contributed by atoms with van der Waals surface area (Å²) in [5.41, 5.74) is 2.58. The van der Waals surface area contributed by atoms with Crippen molar-refractivity contribution in [3.05, 3.63) is 76.9 Å². The van der Waals surface area contributed by atoms with Crippen molar-refractivity contribution >= 4 is 28.3 Å². The van der Waals surface area contributed by atoms with Gasteiger partial charge in [0.2, 0.25) is 0 Å². The van der Waals surface area contributed by atoms with Gasteiger partial charge < -0.3 is 0 Å². The van der Waals surface area contributed by atoms with E-state index in [9.17, 15) is 4.79 Å². The number of para-hydroxylation sites is 1. The molecule has 1 aromatic heterocycles. The fraction of sp³-hybridized carbons (Fsp3) is 0.111. The summed E-state index contributed by atoms with van der Waals surface area (Å²) in [6.07, 6.45) is 0.671. The van der Waals surface area contributed by atoms with Gasteiger partial charge in [-0.05, 0) is 23.8 Å². The van der Waals surface area contributed by atoms with Crippen molar-refractivity contribution in [3.63, 3.8) is 0 Å². The van der Waals surface area contributed by atoms with E-state index in [0.717, 1.165) is 22.2 Å². The second-order valence-electron chi connectivity index (χ2n) is 4.98. The van der Waals surface area contributed by atoms with E-state index in [0.29, 0.717) is 17.9 Å². The molecule has 0 unspecified atom stereocenters. The molecule has 0 saturated carbocycles. The molecule has 2 aromatic carbocycles. The highest BCUT2D eigenvalue weighted by molar-refractivity contribution is 6.31. The average molecular weight is 296 g/mol. The van der Waals surface area contributed by atoms with Gasteiger partial charge in [-0.25, -0.2) is 0 Å². The van der Waals surface area contributed by atoms with Crippen LogP contribution in [0.1, 0.15) is 11.3 Å². The van der Waals surface area contributed by atoms with Crippen molar-refractivity contribution in [2.75, 3.05) is 0 Å². The third kappa shape index (κ3) is 3.29. The molecular formula is C18H14ClNO. The number of benzene rings is 2. The maximum Gasteiger partial charge on any atom is 0.143 e. The van der Waals surface area contributed by atoms with Gasteiger partial charge in [0.1, 0.15) is 5.78 Å². The van der Waals surface area contributed by atoms with Gasteiger partial charge in [0, 0.05) is 28.9 Å². The van der Waals surface area contributed by atoms with Gasteiger partial charge in [-0.1, -0.05) is 54.1 Å². The highest BCUT2D eigenvalue weighted by Gasteiger charge is 2.09. The first kappa shape index (κ1) is 13.8. The number of ketones is 1. The first-order valence-corrected chi connectivity index (χ1v) is 7.20. The van der Waals surface area contributed by atoms with Crippen LogP contribution in [0.3, 0.4) is 0 Å². The van der Waals surface area contributed by atoms with E-state index in [4.69, 9.17) is 11.6 Å². The van der Waals surface area contributed by atoms with Crippen LogP contribution >= 0.6 is 11.6 Å². The van der Waals surface area contributed by atoms with Crippen molar-refractivity contribution < 1.29 is 4.79 Å². The number of aromatic nitrogens is 1. The van der Waals surface area contributed by atoms with Crippen LogP contribution in [-0.4, -0.2) is 10.8 Å². The molecule has 104 valence electrons. The fourth-order valence-corrected chi connectivity index (χ4v) is 2.53. The Morgan fingerprint density at radius 1 is 0.905 bits per heavy atom. The summed E-state index contributed by atoms with van der Waals surface area (Å²) in [5.74, 6) is 0.117. The van der Waals surface area contributed by atoms with E-state index in [2.05, 4.69) is 4.98 Å². The Labute approximate surface area is 128 Å². The van der Waals surface area contributed by atoms with Gasteiger partial charge in [0.05, 0.1) is 5.52 Å². The molecule has 0 aliphatic rings. The van der Waals surface area contributed by atoms with Crippen LogP contribution in [0.4, 0.5) is 0 Å². The topological polar surface area (TPSA) is 30.0 Å². The van der Waals surface area contributed by atoms with Crippen molar-refractivity contribution in [3.8, 4) is 0 Å². The summed E-state index contributed by atoms with van der Waals surface area (Å²) in [4.78, 5) is 16.7. The number of nitrogens with zero attached hydrogens (tertiary/aromatic N) is 1. The highest BCUT2D eigenvalue weighted by Crippen LogP contribution is 2.17. The molecule has 0 saturated heterocycles. The third-order valence-corrected chi connectivity index (χ3v) is 3.75. The van der Waals surface area contributed by atoms with Gasteiger partial charge in [-0.15, -0.1) is 0 Å². The standard InChI is InChI=1S/C18H14ClNO/c19-17-7-3-1-6-14(17)11-16(21)12-15-10-9-13-5-2-4-8-18(13)20-15/h1-10H,11-12H2. The first-order chi connectivity index (χ1) is 10.2. The Morgan fingerprint density at radius 2 is 1.67 bits per heavy atom.